The Balaban J connectivity index is 1.49. The first-order valence-electron chi connectivity index (χ1n) is 12.0. The lowest BCUT2D eigenvalue weighted by Crippen LogP contribution is -2.48. The zero-order valence-corrected chi connectivity index (χ0v) is 20.6. The highest BCUT2D eigenvalue weighted by molar-refractivity contribution is 5.93. The minimum absolute atomic E-state index is 0.0370. The molecule has 1 aliphatic rings. The van der Waals surface area contributed by atoms with Crippen LogP contribution in [0.3, 0.4) is 0 Å². The average Bonchev–Trinajstić information content (AvgIpc) is 2.91. The fourth-order valence-electron chi connectivity index (χ4n) is 4.06. The fraction of sp³-hybridized carbons (Fsp3) is 0.385. The van der Waals surface area contributed by atoms with E-state index < -0.39 is 77.8 Å². The van der Waals surface area contributed by atoms with Crippen LogP contribution in [0.4, 0.5) is 22.4 Å². The molecule has 2 aromatic rings. The zero-order chi connectivity index (χ0) is 28.5. The maximum absolute atomic E-state index is 13.8. The number of carboxylic acids is 1. The predicted octanol–water partition coefficient (Wildman–Crippen LogP) is 3.64. The van der Waals surface area contributed by atoms with Crippen LogP contribution < -0.4 is 15.4 Å². The van der Waals surface area contributed by atoms with Gasteiger partial charge < -0.3 is 25.2 Å². The first-order chi connectivity index (χ1) is 18.5. The van der Waals surface area contributed by atoms with E-state index in [2.05, 4.69) is 15.4 Å². The molecule has 210 valence electrons. The number of carbonyl (C=O) groups is 4. The van der Waals surface area contributed by atoms with Crippen molar-refractivity contribution in [1.29, 1.82) is 0 Å². The molecule has 0 saturated heterocycles. The second-order valence-electron chi connectivity index (χ2n) is 8.97. The van der Waals surface area contributed by atoms with Gasteiger partial charge in [-0.25, -0.2) is 13.6 Å². The van der Waals surface area contributed by atoms with Crippen molar-refractivity contribution in [3.05, 3.63) is 65.2 Å². The van der Waals surface area contributed by atoms with E-state index in [1.54, 1.807) is 0 Å². The molecule has 2 amide bonds. The maximum atomic E-state index is 13.8. The van der Waals surface area contributed by atoms with Crippen LogP contribution in [0.15, 0.2) is 36.4 Å². The topological polar surface area (TPSA) is 131 Å². The number of ether oxygens (including phenoxy) is 2. The molecule has 0 spiro atoms. The zero-order valence-electron chi connectivity index (χ0n) is 20.6. The Hall–Kier alpha value is -4.16. The molecule has 0 heterocycles. The molecule has 1 saturated carbocycles. The van der Waals surface area contributed by atoms with Crippen molar-refractivity contribution in [1.82, 2.24) is 10.6 Å². The standard InChI is InChI=1S/C26H26F4N2O7/c27-17-10-18(28)23(30)24(22(17)29)38-13-20(33)19(11-21(34)35)32-25(36)15-6-8-16(9-7-15)31-26(37)39-12-14-4-2-1-3-5-14/h1-5,10,15-16,19H,6-9,11-13H2,(H,31,37)(H,32,36)(H,34,35)/t15?,16?,19-/m0/s1. The van der Waals surface area contributed by atoms with Gasteiger partial charge in [0.2, 0.25) is 17.5 Å². The lowest BCUT2D eigenvalue weighted by Gasteiger charge is -2.29. The number of alkyl carbamates (subject to hydrolysis) is 1. The van der Waals surface area contributed by atoms with Crippen LogP contribution in [0.1, 0.15) is 37.7 Å². The van der Waals surface area contributed by atoms with Crippen LogP contribution in [0.2, 0.25) is 0 Å². The molecule has 0 aliphatic heterocycles. The third-order valence-corrected chi connectivity index (χ3v) is 6.15. The highest BCUT2D eigenvalue weighted by Gasteiger charge is 2.32. The molecular formula is C26H26F4N2O7. The van der Waals surface area contributed by atoms with E-state index in [1.165, 1.54) is 0 Å². The van der Waals surface area contributed by atoms with E-state index in [0.29, 0.717) is 25.7 Å². The summed E-state index contributed by atoms with van der Waals surface area (Å²) in [6.07, 6.45) is 0.00871. The van der Waals surface area contributed by atoms with Gasteiger partial charge in [0.05, 0.1) is 6.42 Å². The average molecular weight is 554 g/mol. The smallest absolute Gasteiger partial charge is 0.407 e. The number of hydrogen-bond donors (Lipinski definition) is 3. The normalized spacial score (nSPS) is 17.5. The van der Waals surface area contributed by atoms with Gasteiger partial charge in [0.25, 0.3) is 0 Å². The summed E-state index contributed by atoms with van der Waals surface area (Å²) >= 11 is 0. The quantitative estimate of drug-likeness (QED) is 0.286. The van der Waals surface area contributed by atoms with Gasteiger partial charge in [0.15, 0.2) is 23.2 Å². The number of rotatable bonds is 11. The number of nitrogens with one attached hydrogen (secondary N) is 2. The van der Waals surface area contributed by atoms with Crippen molar-refractivity contribution in [2.24, 2.45) is 5.92 Å². The molecule has 13 heteroatoms. The molecule has 3 N–H and O–H groups in total. The largest absolute Gasteiger partial charge is 0.481 e. The molecule has 1 fully saturated rings. The minimum atomic E-state index is -1.87. The number of Topliss-reactive ketones (excluding diaryl/α,β-unsaturated/α-hetero) is 1. The van der Waals surface area contributed by atoms with Gasteiger partial charge in [-0.1, -0.05) is 30.3 Å². The molecule has 3 rings (SSSR count). The number of aliphatic carboxylic acids is 1. The summed E-state index contributed by atoms with van der Waals surface area (Å²) in [5, 5.41) is 14.2. The molecule has 0 bridgehead atoms. The first-order valence-corrected chi connectivity index (χ1v) is 12.0. The van der Waals surface area contributed by atoms with Gasteiger partial charge in [-0.05, 0) is 31.2 Å². The Labute approximate surface area is 220 Å². The summed E-state index contributed by atoms with van der Waals surface area (Å²) in [5.41, 5.74) is 0.822. The molecule has 1 atom stereocenters. The van der Waals surface area contributed by atoms with Gasteiger partial charge in [-0.2, -0.15) is 8.78 Å². The van der Waals surface area contributed by atoms with Gasteiger partial charge in [0, 0.05) is 18.0 Å². The van der Waals surface area contributed by atoms with Crippen LogP contribution in [-0.4, -0.2) is 47.6 Å². The first kappa shape index (κ1) is 29.4. The van der Waals surface area contributed by atoms with Crippen LogP contribution in [0.5, 0.6) is 5.75 Å². The van der Waals surface area contributed by atoms with Crippen molar-refractivity contribution in [3.63, 3.8) is 0 Å². The highest BCUT2D eigenvalue weighted by Crippen LogP contribution is 2.27. The van der Waals surface area contributed by atoms with E-state index in [0.717, 1.165) is 5.56 Å². The number of carbonyl (C=O) groups excluding carboxylic acids is 3. The van der Waals surface area contributed by atoms with E-state index in [-0.39, 0.29) is 18.7 Å². The Morgan fingerprint density at radius 2 is 1.56 bits per heavy atom. The second-order valence-corrected chi connectivity index (χ2v) is 8.97. The van der Waals surface area contributed by atoms with E-state index >= 15 is 0 Å². The molecule has 1 aliphatic carbocycles. The number of benzene rings is 2. The van der Waals surface area contributed by atoms with Crippen molar-refractivity contribution in [2.45, 2.75) is 50.8 Å². The molecule has 0 unspecified atom stereocenters. The molecule has 0 aromatic heterocycles. The summed E-state index contributed by atoms with van der Waals surface area (Å²) in [4.78, 5) is 48.5. The molecule has 39 heavy (non-hydrogen) atoms. The van der Waals surface area contributed by atoms with E-state index in [9.17, 15) is 36.7 Å². The van der Waals surface area contributed by atoms with Gasteiger partial charge in [0.1, 0.15) is 19.3 Å². The fourth-order valence-corrected chi connectivity index (χ4v) is 4.06. The number of amides is 2. The third-order valence-electron chi connectivity index (χ3n) is 6.15. The molecule has 0 radical (unpaired) electrons. The van der Waals surface area contributed by atoms with Crippen molar-refractivity contribution < 1.29 is 51.3 Å². The molecular weight excluding hydrogens is 528 g/mol. The highest BCUT2D eigenvalue weighted by atomic mass is 19.2. The van der Waals surface area contributed by atoms with E-state index in [1.807, 2.05) is 30.3 Å². The SMILES string of the molecule is O=C(O)C[C@H](NC(=O)C1CCC(NC(=O)OCc2ccccc2)CC1)C(=O)COc1c(F)c(F)cc(F)c1F. The predicted molar refractivity (Wildman–Crippen MR) is 126 cm³/mol. The third kappa shape index (κ3) is 8.42. The van der Waals surface area contributed by atoms with Crippen LogP contribution in [0.25, 0.3) is 0 Å². The Bertz CT molecular complexity index is 1180. The van der Waals surface area contributed by atoms with Crippen LogP contribution >= 0.6 is 0 Å². The van der Waals surface area contributed by atoms with Crippen molar-refractivity contribution in [2.75, 3.05) is 6.61 Å². The van der Waals surface area contributed by atoms with Gasteiger partial charge in [-0.3, -0.25) is 14.4 Å². The lowest BCUT2D eigenvalue weighted by atomic mass is 9.85. The number of hydrogen-bond acceptors (Lipinski definition) is 6. The number of halogens is 4. The minimum Gasteiger partial charge on any atom is -0.481 e. The van der Waals surface area contributed by atoms with Crippen molar-refractivity contribution in [3.8, 4) is 5.75 Å². The van der Waals surface area contributed by atoms with Gasteiger partial charge in [-0.15, -0.1) is 0 Å². The summed E-state index contributed by atoms with van der Waals surface area (Å²) in [6.45, 7) is -1.06. The van der Waals surface area contributed by atoms with Crippen molar-refractivity contribution >= 4 is 23.8 Å². The molecule has 9 nitrogen and oxygen atoms in total. The van der Waals surface area contributed by atoms with E-state index in [4.69, 9.17) is 9.84 Å². The van der Waals surface area contributed by atoms with Gasteiger partial charge >= 0.3 is 12.1 Å². The Kier molecular flexibility index (Phi) is 10.2. The summed E-state index contributed by atoms with van der Waals surface area (Å²) in [7, 11) is 0. The molecule has 2 aromatic carbocycles. The second kappa shape index (κ2) is 13.6. The summed E-state index contributed by atoms with van der Waals surface area (Å²) in [6, 6.07) is 7.17. The summed E-state index contributed by atoms with van der Waals surface area (Å²) in [5.74, 6) is -12.5. The van der Waals surface area contributed by atoms with Crippen LogP contribution in [-0.2, 0) is 25.7 Å². The Morgan fingerprint density at radius 1 is 0.949 bits per heavy atom. The lowest BCUT2D eigenvalue weighted by molar-refractivity contribution is -0.141. The monoisotopic (exact) mass is 554 g/mol. The summed E-state index contributed by atoms with van der Waals surface area (Å²) < 4.78 is 64.0. The maximum Gasteiger partial charge on any atom is 0.407 e. The number of carboxylic acid groups (broad SMARTS) is 1. The van der Waals surface area contributed by atoms with Crippen LogP contribution in [0, 0.1) is 29.2 Å². The Morgan fingerprint density at radius 3 is 2.15 bits per heavy atom. The number of ketones is 1.